The Morgan fingerprint density at radius 2 is 1.76 bits per heavy atom. The number of para-hydroxylation sites is 1. The highest BCUT2D eigenvalue weighted by Crippen LogP contribution is 2.22. The average Bonchev–Trinajstić information content (AvgIpc) is 3.20. The second kappa shape index (κ2) is 8.81. The fourth-order valence-electron chi connectivity index (χ4n) is 3.20. The molecule has 0 fully saturated rings. The van der Waals surface area contributed by atoms with Crippen LogP contribution in [0.5, 0.6) is 0 Å². The van der Waals surface area contributed by atoms with Gasteiger partial charge in [-0.2, -0.15) is 9.61 Å². The first kappa shape index (κ1) is 19.0. The molecule has 0 aliphatic heterocycles. The van der Waals surface area contributed by atoms with E-state index in [1.165, 1.54) is 6.33 Å². The maximum atomic E-state index is 9.77. The van der Waals surface area contributed by atoms with Gasteiger partial charge in [0.15, 0.2) is 5.65 Å². The second-order valence-corrected chi connectivity index (χ2v) is 6.78. The molecule has 2 heterocycles. The molecule has 0 aliphatic carbocycles. The maximum absolute atomic E-state index is 9.77. The summed E-state index contributed by atoms with van der Waals surface area (Å²) in [6.45, 7) is 0.369. The van der Waals surface area contributed by atoms with Crippen molar-refractivity contribution >= 4 is 17.3 Å². The first-order valence-corrected chi connectivity index (χ1v) is 9.49. The van der Waals surface area contributed by atoms with E-state index >= 15 is 0 Å². The largest absolute Gasteiger partial charge is 0.394 e. The molecule has 0 saturated heterocycles. The van der Waals surface area contributed by atoms with Crippen molar-refractivity contribution in [3.8, 4) is 0 Å². The van der Waals surface area contributed by atoms with Crippen LogP contribution in [0, 0.1) is 0 Å². The molecular weight excluding hydrogens is 366 g/mol. The Morgan fingerprint density at radius 3 is 2.48 bits per heavy atom. The van der Waals surface area contributed by atoms with Crippen LogP contribution in [-0.4, -0.2) is 44.4 Å². The summed E-state index contributed by atoms with van der Waals surface area (Å²) in [4.78, 5) is 10.8. The van der Waals surface area contributed by atoms with Crippen LogP contribution in [0.3, 0.4) is 0 Å². The van der Waals surface area contributed by atoms with Crippen molar-refractivity contribution in [3.63, 3.8) is 0 Å². The van der Waals surface area contributed by atoms with Gasteiger partial charge >= 0.3 is 0 Å². The molecule has 4 rings (SSSR count). The van der Waals surface area contributed by atoms with Crippen molar-refractivity contribution in [2.45, 2.75) is 19.1 Å². The van der Waals surface area contributed by atoms with Gasteiger partial charge in [-0.15, -0.1) is 0 Å². The number of ether oxygens (including phenoxy) is 1. The zero-order valence-corrected chi connectivity index (χ0v) is 16.2. The molecule has 7 heteroatoms. The molecule has 4 aromatic rings. The smallest absolute Gasteiger partial charge is 0.234 e. The summed E-state index contributed by atoms with van der Waals surface area (Å²) in [5.41, 5.74) is 3.69. The zero-order valence-electron chi connectivity index (χ0n) is 16.2. The predicted molar refractivity (Wildman–Crippen MR) is 111 cm³/mol. The lowest BCUT2D eigenvalue weighted by molar-refractivity contribution is 0.00331. The summed E-state index contributed by atoms with van der Waals surface area (Å²) in [5, 5.41) is 14.3. The minimum atomic E-state index is -0.339. The third-order valence-corrected chi connectivity index (χ3v) is 4.78. The summed E-state index contributed by atoms with van der Waals surface area (Å²) in [6, 6.07) is 19.9. The van der Waals surface area contributed by atoms with Gasteiger partial charge in [0.25, 0.3) is 0 Å². The Bertz CT molecular complexity index is 1050. The van der Waals surface area contributed by atoms with E-state index in [2.05, 4.69) is 15.1 Å². The van der Waals surface area contributed by atoms with E-state index in [0.717, 1.165) is 16.8 Å². The highest BCUT2D eigenvalue weighted by molar-refractivity contribution is 5.59. The van der Waals surface area contributed by atoms with Gasteiger partial charge in [0.1, 0.15) is 6.33 Å². The number of hydrogen-bond donors (Lipinski definition) is 1. The lowest BCUT2D eigenvalue weighted by Crippen LogP contribution is -2.21. The topological polar surface area (TPSA) is 75.8 Å². The zero-order chi connectivity index (χ0) is 20.1. The van der Waals surface area contributed by atoms with E-state index in [0.29, 0.717) is 24.6 Å². The van der Waals surface area contributed by atoms with E-state index in [9.17, 15) is 5.11 Å². The third-order valence-electron chi connectivity index (χ3n) is 4.78. The van der Waals surface area contributed by atoms with Crippen LogP contribution >= 0.6 is 0 Å². The van der Waals surface area contributed by atoms with E-state index in [4.69, 9.17) is 4.74 Å². The third kappa shape index (κ3) is 4.26. The molecule has 1 unspecified atom stereocenters. The quantitative estimate of drug-likeness (QED) is 0.499. The van der Waals surface area contributed by atoms with E-state index in [1.54, 1.807) is 10.7 Å². The molecule has 1 atom stereocenters. The van der Waals surface area contributed by atoms with E-state index in [1.807, 2.05) is 72.6 Å². The molecule has 0 saturated carbocycles. The minimum Gasteiger partial charge on any atom is -0.394 e. The maximum Gasteiger partial charge on any atom is 0.234 e. The molecule has 0 spiro atoms. The molecule has 0 bridgehead atoms. The van der Waals surface area contributed by atoms with Gasteiger partial charge in [-0.1, -0.05) is 48.5 Å². The molecule has 0 aliphatic rings. The Balaban J connectivity index is 1.54. The van der Waals surface area contributed by atoms with Gasteiger partial charge < -0.3 is 14.7 Å². The molecule has 2 aromatic carbocycles. The van der Waals surface area contributed by atoms with Crippen molar-refractivity contribution in [2.75, 3.05) is 18.6 Å². The summed E-state index contributed by atoms with van der Waals surface area (Å²) in [6.07, 6.45) is 3.47. The highest BCUT2D eigenvalue weighted by atomic mass is 16.5. The molecule has 29 heavy (non-hydrogen) atoms. The Kier molecular flexibility index (Phi) is 5.79. The molecule has 148 valence electrons. The van der Waals surface area contributed by atoms with Crippen LogP contribution in [0.25, 0.3) is 5.65 Å². The summed E-state index contributed by atoms with van der Waals surface area (Å²) in [5.74, 6) is 0.665. The molecule has 7 nitrogen and oxygen atoms in total. The van der Waals surface area contributed by atoms with Crippen molar-refractivity contribution in [3.05, 3.63) is 84.3 Å². The summed E-state index contributed by atoms with van der Waals surface area (Å²) in [7, 11) is 1.94. The number of nitrogens with zero attached hydrogens (tertiary/aromatic N) is 5. The summed E-state index contributed by atoms with van der Waals surface area (Å²) < 4.78 is 7.62. The Labute approximate surface area is 169 Å². The van der Waals surface area contributed by atoms with Gasteiger partial charge in [-0.25, -0.2) is 9.97 Å². The normalized spacial score (nSPS) is 12.2. The number of benzene rings is 2. The minimum absolute atomic E-state index is 0.0773. The average molecular weight is 389 g/mol. The Morgan fingerprint density at radius 1 is 1.03 bits per heavy atom. The van der Waals surface area contributed by atoms with Crippen LogP contribution in [0.2, 0.25) is 0 Å². The lowest BCUT2D eigenvalue weighted by Gasteiger charge is -2.18. The fraction of sp³-hybridized carbons (Fsp3) is 0.227. The van der Waals surface area contributed by atoms with Crippen LogP contribution in [0.15, 0.2) is 73.2 Å². The number of fused-ring (bicyclic) bond motifs is 1. The Hall–Kier alpha value is -3.29. The monoisotopic (exact) mass is 389 g/mol. The molecule has 0 amide bonds. The number of rotatable bonds is 8. The van der Waals surface area contributed by atoms with Crippen molar-refractivity contribution in [1.82, 2.24) is 19.6 Å². The SMILES string of the molecule is CN(c1ccccc1)c1ncnc2c(CC(CO)OCc3ccccc3)cnn12. The van der Waals surface area contributed by atoms with Crippen molar-refractivity contribution < 1.29 is 9.84 Å². The lowest BCUT2D eigenvalue weighted by atomic mass is 10.1. The standard InChI is InChI=1S/C22H23N5O2/c1-26(19-10-6-3-7-11-19)22-24-16-23-21-18(13-25-27(21)22)12-20(14-28)29-15-17-8-4-2-5-9-17/h2-11,13,16,20,28H,12,14-15H2,1H3. The highest BCUT2D eigenvalue weighted by Gasteiger charge is 2.17. The summed E-state index contributed by atoms with van der Waals surface area (Å²) >= 11 is 0. The van der Waals surface area contributed by atoms with Gasteiger partial charge in [0, 0.05) is 24.7 Å². The van der Waals surface area contributed by atoms with E-state index < -0.39 is 0 Å². The number of aliphatic hydroxyl groups excluding tert-OH is 1. The molecular formula is C22H23N5O2. The first-order chi connectivity index (χ1) is 14.3. The van der Waals surface area contributed by atoms with Gasteiger partial charge in [-0.05, 0) is 17.7 Å². The number of aromatic nitrogens is 4. The number of aliphatic hydroxyl groups is 1. The van der Waals surface area contributed by atoms with Gasteiger partial charge in [-0.3, -0.25) is 0 Å². The number of hydrogen-bond acceptors (Lipinski definition) is 6. The predicted octanol–water partition coefficient (Wildman–Crippen LogP) is 3.01. The first-order valence-electron chi connectivity index (χ1n) is 9.49. The molecule has 1 N–H and O–H groups in total. The van der Waals surface area contributed by atoms with Gasteiger partial charge in [0.2, 0.25) is 5.95 Å². The van der Waals surface area contributed by atoms with Crippen LogP contribution in [-0.2, 0) is 17.8 Å². The van der Waals surface area contributed by atoms with Crippen molar-refractivity contribution in [1.29, 1.82) is 0 Å². The van der Waals surface area contributed by atoms with Crippen molar-refractivity contribution in [2.24, 2.45) is 0 Å². The second-order valence-electron chi connectivity index (χ2n) is 6.78. The molecule has 0 radical (unpaired) electrons. The molecule has 2 aromatic heterocycles. The van der Waals surface area contributed by atoms with Crippen LogP contribution in [0.4, 0.5) is 11.6 Å². The van der Waals surface area contributed by atoms with Gasteiger partial charge in [0.05, 0.1) is 25.5 Å². The van der Waals surface area contributed by atoms with E-state index in [-0.39, 0.29) is 12.7 Å². The number of anilines is 2. The van der Waals surface area contributed by atoms with Crippen LogP contribution < -0.4 is 4.90 Å². The fourth-order valence-corrected chi connectivity index (χ4v) is 3.20. The van der Waals surface area contributed by atoms with Crippen LogP contribution in [0.1, 0.15) is 11.1 Å².